The number of benzene rings is 1. The molecule has 0 fully saturated rings. The molecule has 1 heterocycles. The predicted octanol–water partition coefficient (Wildman–Crippen LogP) is 2.46. The maximum Gasteiger partial charge on any atom is 0.360 e. The minimum Gasteiger partial charge on any atom is -0.421 e. The Kier molecular flexibility index (Phi) is 3.28. The van der Waals surface area contributed by atoms with Crippen LogP contribution in [0.1, 0.15) is 12.5 Å². The highest BCUT2D eigenvalue weighted by atomic mass is 16.4. The van der Waals surface area contributed by atoms with E-state index in [2.05, 4.69) is 5.32 Å². The standard InChI is InChI=1S/C14H18N2O2/c1-5-9-12-10(16(3)4)7-6-8-11(12)18-14(17)13(9)15-2/h6-8,15H,5H2,1-4H3. The van der Waals surface area contributed by atoms with E-state index >= 15 is 0 Å². The molecule has 0 radical (unpaired) electrons. The van der Waals surface area contributed by atoms with E-state index in [1.807, 2.05) is 44.1 Å². The first-order chi connectivity index (χ1) is 8.60. The molecule has 0 saturated carbocycles. The normalized spacial score (nSPS) is 10.7. The third-order valence-electron chi connectivity index (χ3n) is 3.10. The van der Waals surface area contributed by atoms with Crippen molar-refractivity contribution >= 4 is 22.3 Å². The molecule has 1 N–H and O–H groups in total. The van der Waals surface area contributed by atoms with Gasteiger partial charge in [0.25, 0.3) is 0 Å². The Morgan fingerprint density at radius 3 is 2.61 bits per heavy atom. The van der Waals surface area contributed by atoms with E-state index in [0.29, 0.717) is 11.3 Å². The van der Waals surface area contributed by atoms with Gasteiger partial charge in [0.05, 0.1) is 0 Å². The molecular weight excluding hydrogens is 228 g/mol. The van der Waals surface area contributed by atoms with Crippen LogP contribution in [0.4, 0.5) is 11.4 Å². The van der Waals surface area contributed by atoms with Crippen LogP contribution in [0.3, 0.4) is 0 Å². The van der Waals surface area contributed by atoms with Crippen LogP contribution in [-0.2, 0) is 6.42 Å². The summed E-state index contributed by atoms with van der Waals surface area (Å²) in [7, 11) is 5.71. The molecule has 2 aromatic rings. The summed E-state index contributed by atoms with van der Waals surface area (Å²) in [6, 6.07) is 5.77. The fraction of sp³-hybridized carbons (Fsp3) is 0.357. The fourth-order valence-corrected chi connectivity index (χ4v) is 2.29. The average Bonchev–Trinajstić information content (AvgIpc) is 2.35. The number of hydrogen-bond donors (Lipinski definition) is 1. The monoisotopic (exact) mass is 246 g/mol. The Hall–Kier alpha value is -1.97. The van der Waals surface area contributed by atoms with Gasteiger partial charge >= 0.3 is 5.63 Å². The van der Waals surface area contributed by atoms with Crippen molar-refractivity contribution in [3.63, 3.8) is 0 Å². The van der Waals surface area contributed by atoms with E-state index in [1.165, 1.54) is 0 Å². The van der Waals surface area contributed by atoms with Crippen LogP contribution in [0.2, 0.25) is 0 Å². The molecule has 1 aromatic heterocycles. The minimum atomic E-state index is -0.308. The molecule has 0 saturated heterocycles. The van der Waals surface area contributed by atoms with E-state index in [-0.39, 0.29) is 5.63 Å². The number of anilines is 2. The van der Waals surface area contributed by atoms with Crippen molar-refractivity contribution in [2.24, 2.45) is 0 Å². The van der Waals surface area contributed by atoms with Crippen LogP contribution < -0.4 is 15.8 Å². The quantitative estimate of drug-likeness (QED) is 0.845. The molecule has 0 unspecified atom stereocenters. The summed E-state index contributed by atoms with van der Waals surface area (Å²) in [5.74, 6) is 0. The second kappa shape index (κ2) is 4.72. The summed E-state index contributed by atoms with van der Waals surface area (Å²) in [5.41, 5.74) is 2.96. The largest absolute Gasteiger partial charge is 0.421 e. The van der Waals surface area contributed by atoms with Gasteiger partial charge < -0.3 is 14.6 Å². The zero-order valence-electron chi connectivity index (χ0n) is 11.2. The molecule has 18 heavy (non-hydrogen) atoms. The number of aryl methyl sites for hydroxylation is 1. The van der Waals surface area contributed by atoms with Crippen LogP contribution in [0.25, 0.3) is 11.0 Å². The highest BCUT2D eigenvalue weighted by Crippen LogP contribution is 2.31. The van der Waals surface area contributed by atoms with Crippen molar-refractivity contribution in [3.05, 3.63) is 34.2 Å². The molecule has 0 spiro atoms. The summed E-state index contributed by atoms with van der Waals surface area (Å²) in [6.07, 6.45) is 0.781. The highest BCUT2D eigenvalue weighted by Gasteiger charge is 2.15. The summed E-state index contributed by atoms with van der Waals surface area (Å²) in [4.78, 5) is 13.9. The first-order valence-electron chi connectivity index (χ1n) is 6.04. The molecule has 0 aliphatic rings. The van der Waals surface area contributed by atoms with Gasteiger partial charge in [-0.15, -0.1) is 0 Å². The third kappa shape index (κ3) is 1.83. The Balaban J connectivity index is 2.96. The zero-order valence-corrected chi connectivity index (χ0v) is 11.2. The van der Waals surface area contributed by atoms with Crippen LogP contribution in [0, 0.1) is 0 Å². The van der Waals surface area contributed by atoms with Gasteiger partial charge in [-0.1, -0.05) is 13.0 Å². The minimum absolute atomic E-state index is 0.308. The van der Waals surface area contributed by atoms with Crippen LogP contribution in [0.5, 0.6) is 0 Å². The molecule has 0 bridgehead atoms. The number of rotatable bonds is 3. The molecule has 0 atom stereocenters. The first kappa shape index (κ1) is 12.5. The van der Waals surface area contributed by atoms with E-state index < -0.39 is 0 Å². The van der Waals surface area contributed by atoms with Crippen molar-refractivity contribution in [3.8, 4) is 0 Å². The lowest BCUT2D eigenvalue weighted by atomic mass is 10.0. The molecule has 0 aliphatic heterocycles. The van der Waals surface area contributed by atoms with Gasteiger partial charge in [0.15, 0.2) is 0 Å². The molecule has 0 amide bonds. The summed E-state index contributed by atoms with van der Waals surface area (Å²) < 4.78 is 5.37. The maximum atomic E-state index is 11.9. The number of hydrogen-bond acceptors (Lipinski definition) is 4. The van der Waals surface area contributed by atoms with Gasteiger partial charge in [0.1, 0.15) is 11.3 Å². The topological polar surface area (TPSA) is 45.5 Å². The molecule has 1 aromatic carbocycles. The van der Waals surface area contributed by atoms with Crippen LogP contribution >= 0.6 is 0 Å². The average molecular weight is 246 g/mol. The fourth-order valence-electron chi connectivity index (χ4n) is 2.29. The Bertz CT molecular complexity index is 629. The van der Waals surface area contributed by atoms with E-state index in [9.17, 15) is 4.79 Å². The molecule has 4 nitrogen and oxygen atoms in total. The summed E-state index contributed by atoms with van der Waals surface area (Å²) in [5, 5.41) is 3.96. The SMILES string of the molecule is CCc1c(NC)c(=O)oc2cccc(N(C)C)c12. The van der Waals surface area contributed by atoms with Gasteiger partial charge in [-0.25, -0.2) is 4.79 Å². The molecular formula is C14H18N2O2. The van der Waals surface area contributed by atoms with Crippen molar-refractivity contribution < 1.29 is 4.42 Å². The first-order valence-corrected chi connectivity index (χ1v) is 6.04. The molecule has 2 rings (SSSR count). The van der Waals surface area contributed by atoms with E-state index in [1.54, 1.807) is 7.05 Å². The van der Waals surface area contributed by atoms with Crippen LogP contribution in [-0.4, -0.2) is 21.1 Å². The highest BCUT2D eigenvalue weighted by molar-refractivity contribution is 5.96. The number of nitrogens with one attached hydrogen (secondary N) is 1. The predicted molar refractivity (Wildman–Crippen MR) is 75.7 cm³/mol. The van der Waals surface area contributed by atoms with Crippen molar-refractivity contribution in [1.29, 1.82) is 0 Å². The lowest BCUT2D eigenvalue weighted by Gasteiger charge is -2.18. The smallest absolute Gasteiger partial charge is 0.360 e. The second-order valence-electron chi connectivity index (χ2n) is 4.39. The van der Waals surface area contributed by atoms with Gasteiger partial charge in [-0.2, -0.15) is 0 Å². The number of nitrogens with zero attached hydrogens (tertiary/aromatic N) is 1. The molecule has 4 heteroatoms. The van der Waals surface area contributed by atoms with Gasteiger partial charge in [-0.3, -0.25) is 0 Å². The second-order valence-corrected chi connectivity index (χ2v) is 4.39. The van der Waals surface area contributed by atoms with E-state index in [0.717, 1.165) is 23.1 Å². The number of fused-ring (bicyclic) bond motifs is 1. The van der Waals surface area contributed by atoms with Crippen molar-refractivity contribution in [2.75, 3.05) is 31.4 Å². The Morgan fingerprint density at radius 1 is 1.33 bits per heavy atom. The van der Waals surface area contributed by atoms with Crippen molar-refractivity contribution in [1.82, 2.24) is 0 Å². The Morgan fingerprint density at radius 2 is 2.06 bits per heavy atom. The lowest BCUT2D eigenvalue weighted by Crippen LogP contribution is -2.14. The Labute approximate surface area is 106 Å². The van der Waals surface area contributed by atoms with Crippen molar-refractivity contribution in [2.45, 2.75) is 13.3 Å². The lowest BCUT2D eigenvalue weighted by molar-refractivity contribution is 0.562. The van der Waals surface area contributed by atoms with E-state index in [4.69, 9.17) is 4.42 Å². The third-order valence-corrected chi connectivity index (χ3v) is 3.10. The van der Waals surface area contributed by atoms with Gasteiger partial charge in [-0.05, 0) is 24.1 Å². The molecule has 0 aliphatic carbocycles. The zero-order chi connectivity index (χ0) is 13.3. The van der Waals surface area contributed by atoms with Crippen LogP contribution in [0.15, 0.2) is 27.4 Å². The summed E-state index contributed by atoms with van der Waals surface area (Å²) in [6.45, 7) is 2.04. The van der Waals surface area contributed by atoms with Gasteiger partial charge in [0, 0.05) is 32.2 Å². The molecule has 96 valence electrons. The maximum absolute atomic E-state index is 11.9. The van der Waals surface area contributed by atoms with Gasteiger partial charge in [0.2, 0.25) is 0 Å². The summed E-state index contributed by atoms with van der Waals surface area (Å²) >= 11 is 0.